The average Bonchev–Trinajstić information content (AvgIpc) is 2.37. The van der Waals surface area contributed by atoms with Crippen molar-refractivity contribution in [1.82, 2.24) is 0 Å². The maximum atomic E-state index is 2.35. The Morgan fingerprint density at radius 1 is 1.11 bits per heavy atom. The van der Waals surface area contributed by atoms with Gasteiger partial charge in [-0.25, -0.2) is 0 Å². The first-order valence-electron chi connectivity index (χ1n) is 3.64. The highest BCUT2D eigenvalue weighted by atomic mass is 14.3. The van der Waals surface area contributed by atoms with Gasteiger partial charge in [-0.1, -0.05) is 23.3 Å². The smallest absolute Gasteiger partial charge is 0.00144 e. The average molecular weight is 120 g/mol. The molecule has 2 rings (SSSR count). The van der Waals surface area contributed by atoms with Crippen molar-refractivity contribution in [3.63, 3.8) is 0 Å². The number of rotatable bonds is 0. The van der Waals surface area contributed by atoms with Crippen LogP contribution in [0.3, 0.4) is 0 Å². The van der Waals surface area contributed by atoms with Crippen LogP contribution in [0, 0.1) is 11.8 Å². The van der Waals surface area contributed by atoms with E-state index >= 15 is 0 Å². The van der Waals surface area contributed by atoms with Gasteiger partial charge in [0.1, 0.15) is 0 Å². The third-order valence-corrected chi connectivity index (χ3v) is 2.82. The summed E-state index contributed by atoms with van der Waals surface area (Å²) in [5, 5.41) is 0. The van der Waals surface area contributed by atoms with Crippen LogP contribution in [0.2, 0.25) is 0 Å². The molecule has 2 aliphatic rings. The molecule has 0 aromatic heterocycles. The van der Waals surface area contributed by atoms with Crippen molar-refractivity contribution in [2.24, 2.45) is 11.8 Å². The van der Waals surface area contributed by atoms with Crippen molar-refractivity contribution in [2.45, 2.75) is 20.3 Å². The number of allylic oxidation sites excluding steroid dienone is 4. The van der Waals surface area contributed by atoms with Crippen molar-refractivity contribution >= 4 is 0 Å². The molecule has 0 fully saturated rings. The molecule has 0 saturated heterocycles. The molecule has 0 N–H and O–H groups in total. The van der Waals surface area contributed by atoms with Gasteiger partial charge in [-0.2, -0.15) is 0 Å². The van der Waals surface area contributed by atoms with Crippen LogP contribution < -0.4 is 0 Å². The van der Waals surface area contributed by atoms with E-state index in [1.54, 1.807) is 11.1 Å². The maximum Gasteiger partial charge on any atom is -0.00144 e. The minimum Gasteiger partial charge on any atom is -0.0807 e. The van der Waals surface area contributed by atoms with E-state index in [-0.39, 0.29) is 0 Å². The second kappa shape index (κ2) is 1.50. The molecule has 0 heteroatoms. The second-order valence-corrected chi connectivity index (χ2v) is 3.20. The number of fused-ring (bicyclic) bond motifs is 2. The summed E-state index contributed by atoms with van der Waals surface area (Å²) in [4.78, 5) is 0. The molecular weight excluding hydrogens is 108 g/mol. The summed E-state index contributed by atoms with van der Waals surface area (Å²) in [6.45, 7) is 4.53. The lowest BCUT2D eigenvalue weighted by Gasteiger charge is -2.06. The van der Waals surface area contributed by atoms with Crippen molar-refractivity contribution in [1.29, 1.82) is 0 Å². The SMILES string of the molecule is CC1=C(C)C2C=CC1C2. The number of hydrogen-bond donors (Lipinski definition) is 0. The lowest BCUT2D eigenvalue weighted by atomic mass is 10.0. The van der Waals surface area contributed by atoms with Crippen molar-refractivity contribution in [2.75, 3.05) is 0 Å². The Labute approximate surface area is 56.3 Å². The Balaban J connectivity index is 2.41. The molecule has 2 unspecified atom stereocenters. The van der Waals surface area contributed by atoms with Crippen LogP contribution in [-0.4, -0.2) is 0 Å². The van der Waals surface area contributed by atoms with Crippen molar-refractivity contribution < 1.29 is 0 Å². The zero-order chi connectivity index (χ0) is 6.43. The Hall–Kier alpha value is -0.520. The summed E-state index contributed by atoms with van der Waals surface area (Å²) in [6, 6.07) is 0. The summed E-state index contributed by atoms with van der Waals surface area (Å²) in [6.07, 6.45) is 6.08. The van der Waals surface area contributed by atoms with E-state index in [0.717, 1.165) is 11.8 Å². The van der Waals surface area contributed by atoms with E-state index in [2.05, 4.69) is 26.0 Å². The molecule has 0 heterocycles. The van der Waals surface area contributed by atoms with Gasteiger partial charge in [-0.05, 0) is 32.1 Å². The fourth-order valence-corrected chi connectivity index (χ4v) is 1.93. The van der Waals surface area contributed by atoms with Crippen LogP contribution in [0.4, 0.5) is 0 Å². The molecule has 48 valence electrons. The van der Waals surface area contributed by atoms with Crippen molar-refractivity contribution in [3.05, 3.63) is 23.3 Å². The van der Waals surface area contributed by atoms with Gasteiger partial charge in [0.05, 0.1) is 0 Å². The summed E-state index contributed by atoms with van der Waals surface area (Å²) >= 11 is 0. The third kappa shape index (κ3) is 0.536. The largest absolute Gasteiger partial charge is 0.0807 e. The van der Waals surface area contributed by atoms with Gasteiger partial charge in [-0.15, -0.1) is 0 Å². The van der Waals surface area contributed by atoms with Crippen LogP contribution in [0.1, 0.15) is 20.3 Å². The van der Waals surface area contributed by atoms with Crippen LogP contribution in [0.5, 0.6) is 0 Å². The van der Waals surface area contributed by atoms with E-state index in [1.165, 1.54) is 6.42 Å². The molecule has 0 amide bonds. The Bertz CT molecular complexity index is 176. The summed E-state index contributed by atoms with van der Waals surface area (Å²) in [5.74, 6) is 1.63. The molecule has 2 aliphatic carbocycles. The fourth-order valence-electron chi connectivity index (χ4n) is 1.93. The minimum absolute atomic E-state index is 0.815. The highest BCUT2D eigenvalue weighted by Gasteiger charge is 2.29. The molecule has 0 aromatic rings. The monoisotopic (exact) mass is 120 g/mol. The zero-order valence-corrected chi connectivity index (χ0v) is 6.02. The molecular formula is C9H12. The van der Waals surface area contributed by atoms with Gasteiger partial charge in [0.15, 0.2) is 0 Å². The molecule has 0 radical (unpaired) electrons. The molecule has 0 nitrogen and oxygen atoms in total. The van der Waals surface area contributed by atoms with Gasteiger partial charge in [-0.3, -0.25) is 0 Å². The third-order valence-electron chi connectivity index (χ3n) is 2.82. The van der Waals surface area contributed by atoms with E-state index in [4.69, 9.17) is 0 Å². The predicted molar refractivity (Wildman–Crippen MR) is 39.1 cm³/mol. The summed E-state index contributed by atoms with van der Waals surface area (Å²) < 4.78 is 0. The van der Waals surface area contributed by atoms with Gasteiger partial charge in [0.2, 0.25) is 0 Å². The van der Waals surface area contributed by atoms with Crippen LogP contribution in [0.15, 0.2) is 23.3 Å². The molecule has 0 aliphatic heterocycles. The standard InChI is InChI=1S/C9H12/c1-6-7(2)9-4-3-8(6)5-9/h3-4,8-9H,5H2,1-2H3. The Morgan fingerprint density at radius 2 is 1.56 bits per heavy atom. The first kappa shape index (κ1) is 5.28. The van der Waals surface area contributed by atoms with Gasteiger partial charge in [0.25, 0.3) is 0 Å². The quantitative estimate of drug-likeness (QED) is 0.431. The van der Waals surface area contributed by atoms with Gasteiger partial charge < -0.3 is 0 Å². The van der Waals surface area contributed by atoms with E-state index < -0.39 is 0 Å². The predicted octanol–water partition coefficient (Wildman–Crippen LogP) is 2.53. The van der Waals surface area contributed by atoms with E-state index in [1.807, 2.05) is 0 Å². The highest BCUT2D eigenvalue weighted by molar-refractivity contribution is 5.34. The van der Waals surface area contributed by atoms with Crippen LogP contribution >= 0.6 is 0 Å². The van der Waals surface area contributed by atoms with E-state index in [0.29, 0.717) is 0 Å². The molecule has 2 bridgehead atoms. The molecule has 9 heavy (non-hydrogen) atoms. The minimum atomic E-state index is 0.815. The Morgan fingerprint density at radius 3 is 1.78 bits per heavy atom. The summed E-state index contributed by atoms with van der Waals surface area (Å²) in [5.41, 5.74) is 3.25. The molecule has 2 atom stereocenters. The summed E-state index contributed by atoms with van der Waals surface area (Å²) in [7, 11) is 0. The lowest BCUT2D eigenvalue weighted by Crippen LogP contribution is -1.90. The molecule has 0 spiro atoms. The number of hydrogen-bond acceptors (Lipinski definition) is 0. The lowest BCUT2D eigenvalue weighted by molar-refractivity contribution is 0.702. The highest BCUT2D eigenvalue weighted by Crippen LogP contribution is 2.42. The molecule has 0 saturated carbocycles. The Kier molecular flexibility index (Phi) is 0.879. The first-order valence-corrected chi connectivity index (χ1v) is 3.64. The van der Waals surface area contributed by atoms with Crippen LogP contribution in [0.25, 0.3) is 0 Å². The first-order chi connectivity index (χ1) is 4.29. The normalized spacial score (nSPS) is 38.9. The maximum absolute atomic E-state index is 2.35. The molecule has 0 aromatic carbocycles. The van der Waals surface area contributed by atoms with Crippen molar-refractivity contribution in [3.8, 4) is 0 Å². The van der Waals surface area contributed by atoms with E-state index in [9.17, 15) is 0 Å². The second-order valence-electron chi connectivity index (χ2n) is 3.20. The van der Waals surface area contributed by atoms with Gasteiger partial charge >= 0.3 is 0 Å². The van der Waals surface area contributed by atoms with Gasteiger partial charge in [0, 0.05) is 0 Å². The fraction of sp³-hybridized carbons (Fsp3) is 0.556. The topological polar surface area (TPSA) is 0 Å². The van der Waals surface area contributed by atoms with Crippen LogP contribution in [-0.2, 0) is 0 Å². The zero-order valence-electron chi connectivity index (χ0n) is 6.02.